The Kier molecular flexibility index (Phi) is 6.37. The Balaban J connectivity index is 1.41. The van der Waals surface area contributed by atoms with Crippen molar-refractivity contribution in [1.82, 2.24) is 15.3 Å². The van der Waals surface area contributed by atoms with Crippen molar-refractivity contribution in [3.05, 3.63) is 88.2 Å². The number of rotatable bonds is 7. The highest BCUT2D eigenvalue weighted by atomic mass is 35.5. The van der Waals surface area contributed by atoms with Crippen molar-refractivity contribution in [2.24, 2.45) is 0 Å². The topological polar surface area (TPSA) is 74.8 Å². The Bertz CT molecular complexity index is 1290. The average Bonchev–Trinajstić information content (AvgIpc) is 3.15. The summed E-state index contributed by atoms with van der Waals surface area (Å²) in [6.07, 6.45) is 3.60. The first-order valence-electron chi connectivity index (χ1n) is 10.6. The molecular weight excluding hydrogens is 422 g/mol. The molecule has 0 aliphatic carbocycles. The second-order valence-electron chi connectivity index (χ2n) is 7.76. The minimum atomic E-state index is -0.147. The number of nitrogens with zero attached hydrogens (tertiary/aromatic N) is 1. The molecular formula is C26H24ClN3O2. The third-order valence-corrected chi connectivity index (χ3v) is 5.98. The number of H-pyrrole nitrogens is 1. The Labute approximate surface area is 191 Å². The number of hydrogen-bond donors (Lipinski definition) is 2. The molecule has 2 aromatic carbocycles. The van der Waals surface area contributed by atoms with Crippen molar-refractivity contribution in [2.75, 3.05) is 7.05 Å². The maximum absolute atomic E-state index is 12.7. The summed E-state index contributed by atoms with van der Waals surface area (Å²) in [6.45, 7) is 2.04. The molecule has 0 unspecified atom stereocenters. The minimum Gasteiger partial charge on any atom is -0.357 e. The number of fused-ring (bicyclic) bond motifs is 1. The molecule has 4 aromatic rings. The highest BCUT2D eigenvalue weighted by Gasteiger charge is 2.13. The lowest BCUT2D eigenvalue weighted by atomic mass is 10.0. The Morgan fingerprint density at radius 3 is 2.62 bits per heavy atom. The van der Waals surface area contributed by atoms with Crippen LogP contribution in [0.5, 0.6) is 0 Å². The van der Waals surface area contributed by atoms with E-state index < -0.39 is 0 Å². The quantitative estimate of drug-likeness (QED) is 0.355. The van der Waals surface area contributed by atoms with E-state index >= 15 is 0 Å². The lowest BCUT2D eigenvalue weighted by Crippen LogP contribution is -2.17. The number of aryl methyl sites for hydroxylation is 2. The molecule has 1 amide bonds. The molecule has 0 radical (unpaired) electrons. The van der Waals surface area contributed by atoms with E-state index in [1.54, 1.807) is 31.4 Å². The molecule has 32 heavy (non-hydrogen) atoms. The highest BCUT2D eigenvalue weighted by Crippen LogP contribution is 2.29. The summed E-state index contributed by atoms with van der Waals surface area (Å²) in [5.41, 5.74) is 5.96. The number of nitrogens with one attached hydrogen (secondary N) is 2. The van der Waals surface area contributed by atoms with E-state index in [-0.39, 0.29) is 11.7 Å². The van der Waals surface area contributed by atoms with Gasteiger partial charge in [0.05, 0.1) is 16.2 Å². The van der Waals surface area contributed by atoms with Gasteiger partial charge in [-0.1, -0.05) is 35.9 Å². The van der Waals surface area contributed by atoms with Gasteiger partial charge in [-0.3, -0.25) is 14.6 Å². The predicted octanol–water partition coefficient (Wildman–Crippen LogP) is 5.76. The fourth-order valence-electron chi connectivity index (χ4n) is 3.95. The normalized spacial score (nSPS) is 11.0. The van der Waals surface area contributed by atoms with Crippen LogP contribution in [0.15, 0.2) is 60.8 Å². The number of para-hydroxylation sites is 1. The van der Waals surface area contributed by atoms with Gasteiger partial charge < -0.3 is 10.3 Å². The number of Topliss-reactive ketones (excluding diaryl/α,β-unsaturated/α-hetero) is 1. The van der Waals surface area contributed by atoms with Crippen LogP contribution in [-0.4, -0.2) is 28.7 Å². The molecule has 6 heteroatoms. The SMILES string of the molecule is CNC(=O)c1cccc(-c2ccc(C(=O)CCCc3c(C)[nH]c4c(Cl)cccc34)cn2)c1. The number of aromatic amines is 1. The zero-order valence-corrected chi connectivity index (χ0v) is 18.8. The zero-order chi connectivity index (χ0) is 22.7. The molecule has 2 N–H and O–H groups in total. The standard InChI is InChI=1S/C26H24ClN3O2/c1-16-20(21-9-4-10-22(27)25(21)30-16)8-5-11-24(31)19-12-13-23(29-15-19)17-6-3-7-18(14-17)26(32)28-2/h3-4,6-7,9-10,12-15,30H,5,8,11H2,1-2H3,(H,28,32). The third kappa shape index (κ3) is 4.43. The lowest BCUT2D eigenvalue weighted by molar-refractivity contribution is 0.0960. The van der Waals surface area contributed by atoms with Gasteiger partial charge in [0.1, 0.15) is 0 Å². The van der Waals surface area contributed by atoms with E-state index in [4.69, 9.17) is 11.6 Å². The number of hydrogen-bond acceptors (Lipinski definition) is 3. The first-order chi connectivity index (χ1) is 15.5. The van der Waals surface area contributed by atoms with Crippen LogP contribution in [-0.2, 0) is 6.42 Å². The summed E-state index contributed by atoms with van der Waals surface area (Å²) in [5.74, 6) is -0.0787. The smallest absolute Gasteiger partial charge is 0.251 e. The molecule has 0 bridgehead atoms. The molecule has 5 nitrogen and oxygen atoms in total. The van der Waals surface area contributed by atoms with Crippen molar-refractivity contribution >= 4 is 34.2 Å². The minimum absolute atomic E-state index is 0.0682. The molecule has 162 valence electrons. The summed E-state index contributed by atoms with van der Waals surface area (Å²) in [6, 6.07) is 16.8. The number of carbonyl (C=O) groups excluding carboxylic acids is 2. The largest absolute Gasteiger partial charge is 0.357 e. The number of benzene rings is 2. The maximum atomic E-state index is 12.7. The first-order valence-corrected chi connectivity index (χ1v) is 10.9. The summed E-state index contributed by atoms with van der Waals surface area (Å²) in [7, 11) is 1.60. The van der Waals surface area contributed by atoms with Crippen LogP contribution in [0.1, 0.15) is 44.8 Å². The van der Waals surface area contributed by atoms with Gasteiger partial charge in [-0.15, -0.1) is 0 Å². The van der Waals surface area contributed by atoms with Gasteiger partial charge in [-0.05, 0) is 55.7 Å². The lowest BCUT2D eigenvalue weighted by Gasteiger charge is -2.06. The zero-order valence-electron chi connectivity index (χ0n) is 18.0. The van der Waals surface area contributed by atoms with E-state index in [0.29, 0.717) is 22.6 Å². The monoisotopic (exact) mass is 445 g/mol. The molecule has 0 aliphatic rings. The second kappa shape index (κ2) is 9.37. The van der Waals surface area contributed by atoms with Gasteiger partial charge in [0.2, 0.25) is 0 Å². The van der Waals surface area contributed by atoms with Crippen LogP contribution in [0.3, 0.4) is 0 Å². The molecule has 0 aliphatic heterocycles. The number of aromatic nitrogens is 2. The van der Waals surface area contributed by atoms with Gasteiger partial charge in [-0.2, -0.15) is 0 Å². The van der Waals surface area contributed by atoms with Crippen LogP contribution in [0.4, 0.5) is 0 Å². The molecule has 2 aromatic heterocycles. The summed E-state index contributed by atoms with van der Waals surface area (Å²) in [5, 5.41) is 4.44. The van der Waals surface area contributed by atoms with Crippen LogP contribution < -0.4 is 5.32 Å². The van der Waals surface area contributed by atoms with E-state index in [0.717, 1.165) is 40.7 Å². The molecule has 0 fully saturated rings. The van der Waals surface area contributed by atoms with E-state index in [2.05, 4.69) is 21.4 Å². The summed E-state index contributed by atoms with van der Waals surface area (Å²) < 4.78 is 0. The van der Waals surface area contributed by atoms with Gasteiger partial charge in [-0.25, -0.2) is 0 Å². The van der Waals surface area contributed by atoms with E-state index in [1.807, 2.05) is 37.3 Å². The van der Waals surface area contributed by atoms with Crippen LogP contribution in [0.2, 0.25) is 5.02 Å². The molecule has 0 saturated carbocycles. The Hall–Kier alpha value is -3.44. The van der Waals surface area contributed by atoms with Gasteiger partial charge >= 0.3 is 0 Å². The second-order valence-corrected chi connectivity index (χ2v) is 8.17. The number of carbonyl (C=O) groups is 2. The molecule has 2 heterocycles. The van der Waals surface area contributed by atoms with Crippen LogP contribution >= 0.6 is 11.6 Å². The third-order valence-electron chi connectivity index (χ3n) is 5.67. The van der Waals surface area contributed by atoms with Gasteiger partial charge in [0.15, 0.2) is 5.78 Å². The molecule has 0 atom stereocenters. The fraction of sp³-hybridized carbons (Fsp3) is 0.192. The molecule has 0 spiro atoms. The van der Waals surface area contributed by atoms with Gasteiger partial charge in [0, 0.05) is 47.4 Å². The van der Waals surface area contributed by atoms with Crippen LogP contribution in [0.25, 0.3) is 22.2 Å². The van der Waals surface area contributed by atoms with Gasteiger partial charge in [0.25, 0.3) is 5.91 Å². The average molecular weight is 446 g/mol. The number of ketones is 1. The number of amides is 1. The number of pyridine rings is 1. The van der Waals surface area contributed by atoms with E-state index in [1.165, 1.54) is 5.56 Å². The number of halogens is 1. The Morgan fingerprint density at radius 1 is 1.06 bits per heavy atom. The summed E-state index contributed by atoms with van der Waals surface area (Å²) >= 11 is 6.28. The Morgan fingerprint density at radius 2 is 1.88 bits per heavy atom. The van der Waals surface area contributed by atoms with Crippen molar-refractivity contribution in [2.45, 2.75) is 26.2 Å². The van der Waals surface area contributed by atoms with E-state index in [9.17, 15) is 9.59 Å². The highest BCUT2D eigenvalue weighted by molar-refractivity contribution is 6.35. The fourth-order valence-corrected chi connectivity index (χ4v) is 4.18. The van der Waals surface area contributed by atoms with Crippen molar-refractivity contribution in [3.63, 3.8) is 0 Å². The van der Waals surface area contributed by atoms with Crippen molar-refractivity contribution < 1.29 is 9.59 Å². The van der Waals surface area contributed by atoms with Crippen molar-refractivity contribution in [1.29, 1.82) is 0 Å². The molecule has 4 rings (SSSR count). The maximum Gasteiger partial charge on any atom is 0.251 e. The first kappa shape index (κ1) is 21.8. The molecule has 0 saturated heterocycles. The van der Waals surface area contributed by atoms with Crippen LogP contribution in [0, 0.1) is 6.92 Å². The summed E-state index contributed by atoms with van der Waals surface area (Å²) in [4.78, 5) is 32.3. The van der Waals surface area contributed by atoms with Crippen molar-refractivity contribution in [3.8, 4) is 11.3 Å². The predicted molar refractivity (Wildman–Crippen MR) is 128 cm³/mol.